The largest absolute Gasteiger partial charge is 0.472 e. The first-order valence-electron chi connectivity index (χ1n) is 14.9. The number of rotatable bonds is 6. The van der Waals surface area contributed by atoms with Gasteiger partial charge >= 0.3 is 11.9 Å². The molecule has 3 unspecified atom stereocenters. The quantitative estimate of drug-likeness (QED) is 0.344. The molecule has 2 aliphatic heterocycles. The Balaban J connectivity index is 1.34. The van der Waals surface area contributed by atoms with Crippen molar-refractivity contribution in [3.05, 3.63) is 71.2 Å². The third-order valence-electron chi connectivity index (χ3n) is 11.7. The van der Waals surface area contributed by atoms with Crippen molar-refractivity contribution in [2.75, 3.05) is 7.11 Å². The van der Waals surface area contributed by atoms with Crippen molar-refractivity contribution in [1.82, 2.24) is 0 Å². The van der Waals surface area contributed by atoms with Crippen LogP contribution in [-0.4, -0.2) is 49.2 Å². The lowest BCUT2D eigenvalue weighted by atomic mass is 9.40. The highest BCUT2D eigenvalue weighted by Crippen LogP contribution is 2.73. The van der Waals surface area contributed by atoms with Crippen LogP contribution in [0.1, 0.15) is 64.0 Å². The molecule has 42 heavy (non-hydrogen) atoms. The molecule has 5 aliphatic rings. The average molecular weight is 575 g/mol. The number of methoxy groups -OCH3 is 1. The molecule has 0 radical (unpaired) electrons. The van der Waals surface area contributed by atoms with E-state index < -0.39 is 46.4 Å². The third kappa shape index (κ3) is 3.45. The molecule has 8 heteroatoms. The molecule has 4 fully saturated rings. The summed E-state index contributed by atoms with van der Waals surface area (Å²) in [6.45, 7) is 8.34. The van der Waals surface area contributed by atoms with Gasteiger partial charge in [0.15, 0.2) is 0 Å². The van der Waals surface area contributed by atoms with Crippen LogP contribution in [0.15, 0.2) is 64.5 Å². The van der Waals surface area contributed by atoms with Gasteiger partial charge in [-0.15, -0.1) is 0 Å². The van der Waals surface area contributed by atoms with E-state index in [1.165, 1.54) is 12.7 Å². The number of allylic oxidation sites excluding steroid dienone is 1. The van der Waals surface area contributed by atoms with Gasteiger partial charge in [0.2, 0.25) is 0 Å². The highest BCUT2D eigenvalue weighted by atomic mass is 16.6. The summed E-state index contributed by atoms with van der Waals surface area (Å²) in [6, 6.07) is 11.7. The zero-order valence-corrected chi connectivity index (χ0v) is 24.8. The van der Waals surface area contributed by atoms with E-state index in [-0.39, 0.29) is 49.2 Å². The second kappa shape index (κ2) is 9.38. The molecule has 0 N–H and O–H groups in total. The van der Waals surface area contributed by atoms with Crippen molar-refractivity contribution in [2.45, 2.75) is 83.9 Å². The molecule has 222 valence electrons. The number of carbonyl (C=O) groups excluding carboxylic acids is 3. The summed E-state index contributed by atoms with van der Waals surface area (Å²) in [5.41, 5.74) is 1.48. The van der Waals surface area contributed by atoms with E-state index in [1.807, 2.05) is 50.2 Å². The zero-order chi connectivity index (χ0) is 29.6. The molecular weight excluding hydrogens is 536 g/mol. The van der Waals surface area contributed by atoms with Gasteiger partial charge in [0.1, 0.15) is 18.0 Å². The van der Waals surface area contributed by atoms with Crippen LogP contribution in [0.4, 0.5) is 0 Å². The third-order valence-corrected chi connectivity index (χ3v) is 11.7. The van der Waals surface area contributed by atoms with Crippen molar-refractivity contribution >= 4 is 17.7 Å². The smallest absolute Gasteiger partial charge is 0.315 e. The Morgan fingerprint density at radius 1 is 1.05 bits per heavy atom. The Bertz CT molecular complexity index is 1460. The minimum Gasteiger partial charge on any atom is -0.472 e. The average Bonchev–Trinajstić information content (AvgIpc) is 3.74. The monoisotopic (exact) mass is 574 g/mol. The SMILES string of the molecule is COC(=O)C[C@H]1[C@]2(C)C3=C(C)[C@H](c4ccoc4)C[C@@H]3O[C@@H]2C2OC(=O)[C@]3(C)C(OCc4ccccc4)CC(=O)[C@@]1(C)C23. The number of ether oxygens (including phenoxy) is 4. The predicted molar refractivity (Wildman–Crippen MR) is 150 cm³/mol. The number of esters is 2. The summed E-state index contributed by atoms with van der Waals surface area (Å²) in [4.78, 5) is 41.5. The van der Waals surface area contributed by atoms with Crippen LogP contribution in [0.2, 0.25) is 0 Å². The maximum absolute atomic E-state index is 14.5. The Morgan fingerprint density at radius 2 is 1.81 bits per heavy atom. The molecule has 0 amide bonds. The summed E-state index contributed by atoms with van der Waals surface area (Å²) in [6.07, 6.45) is 2.26. The maximum Gasteiger partial charge on any atom is 0.315 e. The van der Waals surface area contributed by atoms with Crippen LogP contribution in [0.5, 0.6) is 0 Å². The number of ketones is 1. The maximum atomic E-state index is 14.5. The molecule has 7 rings (SSSR count). The number of hydrogen-bond acceptors (Lipinski definition) is 8. The van der Waals surface area contributed by atoms with E-state index >= 15 is 0 Å². The first-order chi connectivity index (χ1) is 20.1. The molecule has 2 saturated carbocycles. The Hall–Kier alpha value is -3.23. The minimum absolute atomic E-state index is 0.00833. The van der Waals surface area contributed by atoms with Gasteiger partial charge < -0.3 is 23.4 Å². The van der Waals surface area contributed by atoms with Gasteiger partial charge in [-0.1, -0.05) is 49.8 Å². The van der Waals surface area contributed by atoms with E-state index in [0.29, 0.717) is 0 Å². The number of furan rings is 1. The standard InChI is InChI=1S/C34H38O8/c1-18-21(20-11-12-39-17-20)13-22-27(18)33(3)23(14-26(36)38-5)32(2)24(35)15-25(40-16-19-9-7-6-8-10-19)34(4)29(32)28(30(33)41-22)42-31(34)37/h6-12,17,21-23,25,28-30H,13-16H2,1-5H3/t21-,22+,23-,25?,28?,29?,30-,32+,33-,34-/m1/s1. The fourth-order valence-corrected chi connectivity index (χ4v) is 9.79. The van der Waals surface area contributed by atoms with E-state index in [4.69, 9.17) is 23.4 Å². The summed E-state index contributed by atoms with van der Waals surface area (Å²) in [7, 11) is 1.38. The lowest BCUT2D eigenvalue weighted by molar-refractivity contribution is -0.210. The van der Waals surface area contributed by atoms with E-state index in [9.17, 15) is 14.4 Å². The first kappa shape index (κ1) is 27.6. The van der Waals surface area contributed by atoms with Crippen molar-refractivity contribution in [3.8, 4) is 0 Å². The zero-order valence-electron chi connectivity index (χ0n) is 24.8. The summed E-state index contributed by atoms with van der Waals surface area (Å²) >= 11 is 0. The van der Waals surface area contributed by atoms with E-state index in [1.54, 1.807) is 12.5 Å². The van der Waals surface area contributed by atoms with Gasteiger partial charge in [-0.2, -0.15) is 0 Å². The fourth-order valence-electron chi connectivity index (χ4n) is 9.79. The van der Waals surface area contributed by atoms with Crippen molar-refractivity contribution < 1.29 is 37.7 Å². The number of Topliss-reactive ketones (excluding diaryl/α,β-unsaturated/α-hetero) is 1. The van der Waals surface area contributed by atoms with Crippen LogP contribution < -0.4 is 0 Å². The topological polar surface area (TPSA) is 101 Å². The van der Waals surface area contributed by atoms with E-state index in [2.05, 4.69) is 13.8 Å². The molecule has 2 aromatic rings. The van der Waals surface area contributed by atoms with Crippen molar-refractivity contribution in [3.63, 3.8) is 0 Å². The van der Waals surface area contributed by atoms with E-state index in [0.717, 1.165) is 23.1 Å². The van der Waals surface area contributed by atoms with Crippen LogP contribution in [-0.2, 0) is 39.9 Å². The van der Waals surface area contributed by atoms with Crippen molar-refractivity contribution in [1.29, 1.82) is 0 Å². The summed E-state index contributed by atoms with van der Waals surface area (Å²) in [5.74, 6) is -1.62. The second-order valence-corrected chi connectivity index (χ2v) is 13.4. The Kier molecular flexibility index (Phi) is 6.17. The van der Waals surface area contributed by atoms with Crippen LogP contribution in [0.25, 0.3) is 0 Å². The normalized spacial score (nSPS) is 41.8. The number of carbonyl (C=O) groups is 3. The number of hydrogen-bond donors (Lipinski definition) is 0. The van der Waals surface area contributed by atoms with Gasteiger partial charge in [-0.3, -0.25) is 14.4 Å². The number of benzene rings is 1. The first-order valence-corrected chi connectivity index (χ1v) is 14.9. The molecule has 2 saturated heterocycles. The molecule has 8 nitrogen and oxygen atoms in total. The predicted octanol–water partition coefficient (Wildman–Crippen LogP) is 5.16. The summed E-state index contributed by atoms with van der Waals surface area (Å²) < 4.78 is 30.2. The Labute approximate surface area is 245 Å². The Morgan fingerprint density at radius 3 is 2.50 bits per heavy atom. The highest BCUT2D eigenvalue weighted by molar-refractivity contribution is 5.93. The summed E-state index contributed by atoms with van der Waals surface area (Å²) in [5, 5.41) is 0. The number of fused-ring (bicyclic) bond motifs is 4. The molecule has 0 spiro atoms. The lowest BCUT2D eigenvalue weighted by Gasteiger charge is -2.61. The molecular formula is C34H38O8. The molecule has 3 heterocycles. The van der Waals surface area contributed by atoms with Gasteiger partial charge in [0, 0.05) is 29.1 Å². The van der Waals surface area contributed by atoms with Gasteiger partial charge in [-0.05, 0) is 49.0 Å². The highest BCUT2D eigenvalue weighted by Gasteiger charge is 2.80. The molecule has 1 aromatic carbocycles. The van der Waals surface area contributed by atoms with Crippen LogP contribution >= 0.6 is 0 Å². The van der Waals surface area contributed by atoms with Crippen molar-refractivity contribution in [2.24, 2.45) is 28.1 Å². The molecule has 1 aromatic heterocycles. The lowest BCUT2D eigenvalue weighted by Crippen LogP contribution is -2.69. The van der Waals surface area contributed by atoms with Gasteiger partial charge in [0.05, 0.1) is 50.3 Å². The van der Waals surface area contributed by atoms with Crippen LogP contribution in [0.3, 0.4) is 0 Å². The fraction of sp³-hybridized carbons (Fsp3) is 0.559. The molecule has 10 atom stereocenters. The second-order valence-electron chi connectivity index (χ2n) is 13.4. The van der Waals surface area contributed by atoms with Gasteiger partial charge in [-0.25, -0.2) is 0 Å². The minimum atomic E-state index is -1.08. The molecule has 3 aliphatic carbocycles. The molecule has 0 bridgehead atoms. The van der Waals surface area contributed by atoms with Gasteiger partial charge in [0.25, 0.3) is 0 Å². The van der Waals surface area contributed by atoms with Crippen LogP contribution in [0, 0.1) is 28.1 Å².